The summed E-state index contributed by atoms with van der Waals surface area (Å²) >= 11 is 1.48. The third-order valence-corrected chi connectivity index (χ3v) is 2.75. The van der Waals surface area contributed by atoms with Crippen molar-refractivity contribution in [2.24, 2.45) is 0 Å². The van der Waals surface area contributed by atoms with Crippen molar-refractivity contribution in [3.8, 4) is 0 Å². The van der Waals surface area contributed by atoms with Crippen molar-refractivity contribution >= 4 is 23.2 Å². The molecule has 1 N–H and O–H groups in total. The number of carbonyl (C=O) groups is 2. The molecule has 5 nitrogen and oxygen atoms in total. The summed E-state index contributed by atoms with van der Waals surface area (Å²) in [6.45, 7) is 4.21. The Hall–Kier alpha value is -1.43. The number of amides is 1. The first-order valence-corrected chi connectivity index (χ1v) is 6.33. The second-order valence-corrected chi connectivity index (χ2v) is 4.61. The van der Waals surface area contributed by atoms with Gasteiger partial charge in [0.05, 0.1) is 17.1 Å². The number of thiazole rings is 1. The Kier molecular flexibility index (Phi) is 5.62. The van der Waals surface area contributed by atoms with Crippen LogP contribution in [0.2, 0.25) is 0 Å². The van der Waals surface area contributed by atoms with Crippen LogP contribution in [0.25, 0.3) is 0 Å². The van der Waals surface area contributed by atoms with Gasteiger partial charge in [-0.15, -0.1) is 11.3 Å². The maximum absolute atomic E-state index is 11.4. The summed E-state index contributed by atoms with van der Waals surface area (Å²) in [5.41, 5.74) is 0.687. The van der Waals surface area contributed by atoms with Gasteiger partial charge in [0.2, 0.25) is 0 Å². The molecule has 0 atom stereocenters. The van der Waals surface area contributed by atoms with Crippen LogP contribution in [0, 0.1) is 6.92 Å². The summed E-state index contributed by atoms with van der Waals surface area (Å²) in [5, 5.41) is 5.35. The van der Waals surface area contributed by atoms with Crippen LogP contribution in [-0.4, -0.2) is 30.0 Å². The Morgan fingerprint density at radius 3 is 2.88 bits per heavy atom. The van der Waals surface area contributed by atoms with Crippen LogP contribution in [0.5, 0.6) is 0 Å². The average molecular weight is 256 g/mol. The van der Waals surface area contributed by atoms with Crippen molar-refractivity contribution in [2.75, 3.05) is 13.2 Å². The lowest BCUT2D eigenvalue weighted by Crippen LogP contribution is -2.29. The van der Waals surface area contributed by atoms with Crippen LogP contribution in [0.1, 0.15) is 24.0 Å². The standard InChI is InChI=1S/C11H16N2O3S/c1-3-4-12-10(14)6-16-11(15)5-9-7-17-8(2)13-9/h7H,3-6H2,1-2H3,(H,12,14). The van der Waals surface area contributed by atoms with Gasteiger partial charge in [-0.2, -0.15) is 0 Å². The van der Waals surface area contributed by atoms with E-state index in [2.05, 4.69) is 10.3 Å². The Labute approximate surface area is 104 Å². The fraction of sp³-hybridized carbons (Fsp3) is 0.545. The van der Waals surface area contributed by atoms with Gasteiger partial charge in [-0.1, -0.05) is 6.92 Å². The average Bonchev–Trinajstić information content (AvgIpc) is 2.69. The van der Waals surface area contributed by atoms with Gasteiger partial charge < -0.3 is 10.1 Å². The SMILES string of the molecule is CCCNC(=O)COC(=O)Cc1csc(C)n1. The van der Waals surface area contributed by atoms with E-state index in [0.29, 0.717) is 12.2 Å². The fourth-order valence-electron chi connectivity index (χ4n) is 1.15. The van der Waals surface area contributed by atoms with Gasteiger partial charge >= 0.3 is 5.97 Å². The van der Waals surface area contributed by atoms with Gasteiger partial charge in [-0.3, -0.25) is 9.59 Å². The van der Waals surface area contributed by atoms with Crippen molar-refractivity contribution in [1.82, 2.24) is 10.3 Å². The van der Waals surface area contributed by atoms with Crippen molar-refractivity contribution in [1.29, 1.82) is 0 Å². The highest BCUT2D eigenvalue weighted by molar-refractivity contribution is 7.09. The lowest BCUT2D eigenvalue weighted by molar-refractivity contribution is -0.147. The van der Waals surface area contributed by atoms with Crippen LogP contribution in [0.15, 0.2) is 5.38 Å². The van der Waals surface area contributed by atoms with Gasteiger partial charge in [0, 0.05) is 11.9 Å². The molecule has 0 radical (unpaired) electrons. The molecule has 17 heavy (non-hydrogen) atoms. The molecule has 0 fully saturated rings. The molecule has 6 heteroatoms. The Morgan fingerprint density at radius 1 is 1.53 bits per heavy atom. The van der Waals surface area contributed by atoms with Gasteiger partial charge in [0.15, 0.2) is 6.61 Å². The van der Waals surface area contributed by atoms with Gasteiger partial charge in [-0.25, -0.2) is 4.98 Å². The minimum Gasteiger partial charge on any atom is -0.455 e. The highest BCUT2D eigenvalue weighted by Gasteiger charge is 2.09. The van der Waals surface area contributed by atoms with Crippen LogP contribution in [-0.2, 0) is 20.7 Å². The summed E-state index contributed by atoms with van der Waals surface area (Å²) < 4.78 is 4.83. The number of hydrogen-bond acceptors (Lipinski definition) is 5. The molecule has 0 aliphatic heterocycles. The Bertz CT molecular complexity index is 390. The predicted molar refractivity (Wildman–Crippen MR) is 64.8 cm³/mol. The minimum absolute atomic E-state index is 0.116. The molecule has 1 aromatic heterocycles. The van der Waals surface area contributed by atoms with E-state index in [4.69, 9.17) is 4.74 Å². The normalized spacial score (nSPS) is 10.0. The molecular weight excluding hydrogens is 240 g/mol. The number of nitrogens with one attached hydrogen (secondary N) is 1. The van der Waals surface area contributed by atoms with Crippen molar-refractivity contribution in [2.45, 2.75) is 26.7 Å². The van der Waals surface area contributed by atoms with Gasteiger partial charge in [0.1, 0.15) is 0 Å². The molecule has 0 bridgehead atoms. The fourth-order valence-corrected chi connectivity index (χ4v) is 1.76. The number of nitrogens with zero attached hydrogens (tertiary/aromatic N) is 1. The zero-order valence-electron chi connectivity index (χ0n) is 9.99. The zero-order chi connectivity index (χ0) is 12.7. The smallest absolute Gasteiger partial charge is 0.312 e. The molecule has 0 saturated heterocycles. The number of carbonyl (C=O) groups excluding carboxylic acids is 2. The molecule has 1 rings (SSSR count). The predicted octanol–water partition coefficient (Wildman–Crippen LogP) is 1.06. The lowest BCUT2D eigenvalue weighted by Gasteiger charge is -2.04. The molecule has 0 unspecified atom stereocenters. The summed E-state index contributed by atoms with van der Waals surface area (Å²) in [7, 11) is 0. The lowest BCUT2D eigenvalue weighted by atomic mass is 10.3. The number of esters is 1. The maximum Gasteiger partial charge on any atom is 0.312 e. The van der Waals surface area contributed by atoms with E-state index in [0.717, 1.165) is 11.4 Å². The number of aryl methyl sites for hydroxylation is 1. The third-order valence-electron chi connectivity index (χ3n) is 1.93. The second kappa shape index (κ2) is 7.01. The number of aromatic nitrogens is 1. The van der Waals surface area contributed by atoms with E-state index in [1.165, 1.54) is 11.3 Å². The minimum atomic E-state index is -0.429. The number of ether oxygens (including phenoxy) is 1. The zero-order valence-corrected chi connectivity index (χ0v) is 10.8. The molecule has 1 aromatic rings. The largest absolute Gasteiger partial charge is 0.455 e. The summed E-state index contributed by atoms with van der Waals surface area (Å²) in [6.07, 6.45) is 0.975. The first-order valence-electron chi connectivity index (χ1n) is 5.45. The van der Waals surface area contributed by atoms with Crippen LogP contribution >= 0.6 is 11.3 Å². The third kappa shape index (κ3) is 5.44. The monoisotopic (exact) mass is 256 g/mol. The molecule has 0 aliphatic carbocycles. The van der Waals surface area contributed by atoms with E-state index in [9.17, 15) is 9.59 Å². The maximum atomic E-state index is 11.4. The molecule has 1 heterocycles. The second-order valence-electron chi connectivity index (χ2n) is 3.55. The Morgan fingerprint density at radius 2 is 2.29 bits per heavy atom. The first-order chi connectivity index (χ1) is 8.11. The van der Waals surface area contributed by atoms with Crippen molar-refractivity contribution < 1.29 is 14.3 Å². The van der Waals surface area contributed by atoms with E-state index in [1.54, 1.807) is 0 Å². The molecule has 0 saturated carbocycles. The topological polar surface area (TPSA) is 68.3 Å². The van der Waals surface area contributed by atoms with Crippen molar-refractivity contribution in [3.63, 3.8) is 0 Å². The van der Waals surface area contributed by atoms with Crippen LogP contribution in [0.3, 0.4) is 0 Å². The molecule has 0 aromatic carbocycles. The van der Waals surface area contributed by atoms with Crippen LogP contribution < -0.4 is 5.32 Å². The van der Waals surface area contributed by atoms with E-state index < -0.39 is 5.97 Å². The van der Waals surface area contributed by atoms with E-state index in [-0.39, 0.29) is 18.9 Å². The van der Waals surface area contributed by atoms with Gasteiger partial charge in [0.25, 0.3) is 5.91 Å². The molecular formula is C11H16N2O3S. The summed E-state index contributed by atoms with van der Waals surface area (Å²) in [5.74, 6) is -0.698. The molecule has 0 aliphatic rings. The number of hydrogen-bond donors (Lipinski definition) is 1. The summed E-state index contributed by atoms with van der Waals surface area (Å²) in [4.78, 5) is 26.7. The first kappa shape index (κ1) is 13.6. The van der Waals surface area contributed by atoms with E-state index >= 15 is 0 Å². The quantitative estimate of drug-likeness (QED) is 0.773. The highest BCUT2D eigenvalue weighted by atomic mass is 32.1. The molecule has 1 amide bonds. The Balaban J connectivity index is 2.23. The van der Waals surface area contributed by atoms with Crippen LogP contribution in [0.4, 0.5) is 0 Å². The highest BCUT2D eigenvalue weighted by Crippen LogP contribution is 2.08. The van der Waals surface area contributed by atoms with E-state index in [1.807, 2.05) is 19.2 Å². The molecule has 0 spiro atoms. The van der Waals surface area contributed by atoms with Crippen molar-refractivity contribution in [3.05, 3.63) is 16.1 Å². The summed E-state index contributed by atoms with van der Waals surface area (Å²) in [6, 6.07) is 0. The van der Waals surface area contributed by atoms with Gasteiger partial charge in [-0.05, 0) is 13.3 Å². The molecule has 94 valence electrons. The number of rotatable bonds is 6.